The summed E-state index contributed by atoms with van der Waals surface area (Å²) in [7, 11) is 0. The number of anilines is 1. The van der Waals surface area contributed by atoms with Crippen molar-refractivity contribution in [1.82, 2.24) is 14.8 Å². The Morgan fingerprint density at radius 1 is 1.18 bits per heavy atom. The van der Waals surface area contributed by atoms with Crippen molar-refractivity contribution in [2.24, 2.45) is 0 Å². The van der Waals surface area contributed by atoms with Crippen molar-refractivity contribution >= 4 is 39.3 Å². The molecule has 0 aliphatic carbocycles. The second kappa shape index (κ2) is 9.71. The Morgan fingerprint density at radius 2 is 1.89 bits per heavy atom. The highest BCUT2D eigenvalue weighted by atomic mass is 79.9. The highest BCUT2D eigenvalue weighted by Crippen LogP contribution is 2.25. The maximum absolute atomic E-state index is 12.3. The van der Waals surface area contributed by atoms with E-state index in [4.69, 9.17) is 0 Å². The van der Waals surface area contributed by atoms with E-state index in [1.807, 2.05) is 53.1 Å². The quantitative estimate of drug-likeness (QED) is 0.374. The van der Waals surface area contributed by atoms with E-state index in [0.717, 1.165) is 28.0 Å². The first-order chi connectivity index (χ1) is 13.6. The van der Waals surface area contributed by atoms with Gasteiger partial charge >= 0.3 is 0 Å². The van der Waals surface area contributed by atoms with E-state index in [1.54, 1.807) is 6.08 Å². The largest absolute Gasteiger partial charge is 0.325 e. The van der Waals surface area contributed by atoms with Gasteiger partial charge in [-0.2, -0.15) is 0 Å². The van der Waals surface area contributed by atoms with Crippen molar-refractivity contribution in [3.05, 3.63) is 71.2 Å². The molecule has 0 saturated carbocycles. The average Bonchev–Trinajstić information content (AvgIpc) is 3.10. The van der Waals surface area contributed by atoms with Gasteiger partial charge in [-0.1, -0.05) is 65.0 Å². The Hall–Kier alpha value is -2.38. The van der Waals surface area contributed by atoms with Crippen molar-refractivity contribution in [3.8, 4) is 11.4 Å². The number of rotatable bonds is 8. The zero-order valence-electron chi connectivity index (χ0n) is 15.6. The predicted molar refractivity (Wildman–Crippen MR) is 119 cm³/mol. The van der Waals surface area contributed by atoms with Crippen molar-refractivity contribution < 1.29 is 4.79 Å². The van der Waals surface area contributed by atoms with Crippen LogP contribution in [0.15, 0.2) is 70.8 Å². The van der Waals surface area contributed by atoms with Crippen LogP contribution in [0, 0.1) is 0 Å². The number of allylic oxidation sites excluding steroid dienone is 1. The Kier molecular flexibility index (Phi) is 7.06. The summed E-state index contributed by atoms with van der Waals surface area (Å²) in [5.41, 5.74) is 3.00. The van der Waals surface area contributed by atoms with Crippen LogP contribution >= 0.6 is 27.7 Å². The molecule has 0 radical (unpaired) electrons. The van der Waals surface area contributed by atoms with Gasteiger partial charge < -0.3 is 5.32 Å². The molecule has 1 aromatic heterocycles. The Bertz CT molecular complexity index is 952. The minimum absolute atomic E-state index is 0.0763. The summed E-state index contributed by atoms with van der Waals surface area (Å²) in [6.07, 6.45) is 2.77. The van der Waals surface area contributed by atoms with Gasteiger partial charge in [0, 0.05) is 22.3 Å². The number of amides is 1. The maximum Gasteiger partial charge on any atom is 0.234 e. The fourth-order valence-corrected chi connectivity index (χ4v) is 3.66. The highest BCUT2D eigenvalue weighted by Gasteiger charge is 2.15. The fourth-order valence-electron chi connectivity index (χ4n) is 2.65. The van der Waals surface area contributed by atoms with Crippen LogP contribution in [0.25, 0.3) is 11.4 Å². The van der Waals surface area contributed by atoms with Gasteiger partial charge in [-0.25, -0.2) is 0 Å². The molecule has 1 heterocycles. The molecule has 0 saturated heterocycles. The zero-order chi connectivity index (χ0) is 19.9. The molecule has 28 heavy (non-hydrogen) atoms. The van der Waals surface area contributed by atoms with E-state index in [9.17, 15) is 4.79 Å². The van der Waals surface area contributed by atoms with E-state index in [1.165, 1.54) is 17.3 Å². The van der Waals surface area contributed by atoms with Crippen LogP contribution in [0.2, 0.25) is 0 Å². The molecular weight excluding hydrogens is 436 g/mol. The van der Waals surface area contributed by atoms with Gasteiger partial charge in [-0.15, -0.1) is 16.8 Å². The highest BCUT2D eigenvalue weighted by molar-refractivity contribution is 9.10. The molecule has 7 heteroatoms. The van der Waals surface area contributed by atoms with Crippen LogP contribution in [-0.2, 0) is 17.8 Å². The maximum atomic E-state index is 12.3. The van der Waals surface area contributed by atoms with Gasteiger partial charge in [0.1, 0.15) is 0 Å². The standard InChI is InChI=1S/C21H21BrN4OS/c1-3-13-26-20(16-7-9-17(22)10-8-16)24-25-21(26)28-14-19(27)23-18-11-5-15(4-2)6-12-18/h3,5-12H,1,4,13-14H2,2H3,(H,23,27). The fraction of sp³-hybridized carbons (Fsp3) is 0.190. The molecule has 144 valence electrons. The van der Waals surface area contributed by atoms with Crippen LogP contribution in [0.4, 0.5) is 5.69 Å². The number of halogens is 1. The second-order valence-electron chi connectivity index (χ2n) is 6.10. The summed E-state index contributed by atoms with van der Waals surface area (Å²) in [5, 5.41) is 12.2. The summed E-state index contributed by atoms with van der Waals surface area (Å²) in [5.74, 6) is 0.934. The monoisotopic (exact) mass is 456 g/mol. The summed E-state index contributed by atoms with van der Waals surface area (Å²) >= 11 is 4.80. The van der Waals surface area contributed by atoms with Crippen molar-refractivity contribution in [3.63, 3.8) is 0 Å². The van der Waals surface area contributed by atoms with Crippen molar-refractivity contribution in [2.45, 2.75) is 25.0 Å². The molecule has 5 nitrogen and oxygen atoms in total. The summed E-state index contributed by atoms with van der Waals surface area (Å²) in [6, 6.07) is 15.8. The van der Waals surface area contributed by atoms with Crippen LogP contribution in [0.1, 0.15) is 12.5 Å². The molecule has 0 bridgehead atoms. The SMILES string of the molecule is C=CCn1c(SCC(=O)Nc2ccc(CC)cc2)nnc1-c1ccc(Br)cc1. The lowest BCUT2D eigenvalue weighted by Gasteiger charge is -2.08. The summed E-state index contributed by atoms with van der Waals surface area (Å²) < 4.78 is 2.97. The average molecular weight is 457 g/mol. The number of nitrogens with one attached hydrogen (secondary N) is 1. The van der Waals surface area contributed by atoms with Gasteiger partial charge in [0.05, 0.1) is 5.75 Å². The molecule has 0 spiro atoms. The molecule has 1 amide bonds. The van der Waals surface area contributed by atoms with E-state index in [2.05, 4.69) is 44.9 Å². The number of hydrogen-bond donors (Lipinski definition) is 1. The number of carbonyl (C=O) groups is 1. The van der Waals surface area contributed by atoms with Crippen LogP contribution < -0.4 is 5.32 Å². The zero-order valence-corrected chi connectivity index (χ0v) is 18.0. The molecule has 2 aromatic carbocycles. The molecule has 0 atom stereocenters. The van der Waals surface area contributed by atoms with E-state index >= 15 is 0 Å². The molecule has 3 rings (SSSR count). The van der Waals surface area contributed by atoms with Crippen LogP contribution in [0.5, 0.6) is 0 Å². The van der Waals surface area contributed by atoms with Gasteiger partial charge in [-0.05, 0) is 36.2 Å². The van der Waals surface area contributed by atoms with E-state index in [0.29, 0.717) is 11.7 Å². The number of aromatic nitrogens is 3. The number of thioether (sulfide) groups is 1. The third kappa shape index (κ3) is 5.11. The molecule has 0 aliphatic rings. The third-order valence-corrected chi connectivity index (χ3v) is 5.60. The Balaban J connectivity index is 1.68. The number of nitrogens with zero attached hydrogens (tertiary/aromatic N) is 3. The molecule has 0 unspecified atom stereocenters. The molecular formula is C21H21BrN4OS. The lowest BCUT2D eigenvalue weighted by Crippen LogP contribution is -2.14. The first-order valence-electron chi connectivity index (χ1n) is 8.92. The normalized spacial score (nSPS) is 10.6. The van der Waals surface area contributed by atoms with Gasteiger partial charge in [-0.3, -0.25) is 9.36 Å². The molecule has 3 aromatic rings. The minimum atomic E-state index is -0.0763. The minimum Gasteiger partial charge on any atom is -0.325 e. The van der Waals surface area contributed by atoms with Crippen LogP contribution in [-0.4, -0.2) is 26.4 Å². The van der Waals surface area contributed by atoms with Crippen LogP contribution in [0.3, 0.4) is 0 Å². The lowest BCUT2D eigenvalue weighted by atomic mass is 10.1. The topological polar surface area (TPSA) is 59.8 Å². The lowest BCUT2D eigenvalue weighted by molar-refractivity contribution is -0.113. The molecule has 1 N–H and O–H groups in total. The summed E-state index contributed by atoms with van der Waals surface area (Å²) in [4.78, 5) is 12.3. The number of benzene rings is 2. The number of aryl methyl sites for hydroxylation is 1. The van der Waals surface area contributed by atoms with Gasteiger partial charge in [0.25, 0.3) is 0 Å². The molecule has 0 aliphatic heterocycles. The smallest absolute Gasteiger partial charge is 0.234 e. The van der Waals surface area contributed by atoms with Gasteiger partial charge in [0.15, 0.2) is 11.0 Å². The predicted octanol–water partition coefficient (Wildman–Crippen LogP) is 5.19. The Morgan fingerprint density at radius 3 is 2.54 bits per heavy atom. The first kappa shape index (κ1) is 20.4. The van der Waals surface area contributed by atoms with E-state index < -0.39 is 0 Å². The number of hydrogen-bond acceptors (Lipinski definition) is 4. The Labute approximate surface area is 177 Å². The van der Waals surface area contributed by atoms with Crippen molar-refractivity contribution in [2.75, 3.05) is 11.1 Å². The van der Waals surface area contributed by atoms with Gasteiger partial charge in [0.2, 0.25) is 5.91 Å². The van der Waals surface area contributed by atoms with E-state index in [-0.39, 0.29) is 11.7 Å². The van der Waals surface area contributed by atoms with Crippen molar-refractivity contribution in [1.29, 1.82) is 0 Å². The second-order valence-corrected chi connectivity index (χ2v) is 7.96. The number of carbonyl (C=O) groups excluding carboxylic acids is 1. The summed E-state index contributed by atoms with van der Waals surface area (Å²) in [6.45, 7) is 6.49. The first-order valence-corrected chi connectivity index (χ1v) is 10.7. The molecule has 0 fully saturated rings. The third-order valence-electron chi connectivity index (χ3n) is 4.11.